The Labute approximate surface area is 62.7 Å². The van der Waals surface area contributed by atoms with Crippen molar-refractivity contribution in [2.45, 2.75) is 0 Å². The van der Waals surface area contributed by atoms with Gasteiger partial charge in [-0.25, -0.2) is 4.72 Å². The summed E-state index contributed by atoms with van der Waals surface area (Å²) < 4.78 is 24.5. The van der Waals surface area contributed by atoms with Crippen molar-refractivity contribution >= 4 is 16.1 Å². The number of nitrogens with one attached hydrogen (secondary N) is 2. The second-order valence-electron chi connectivity index (χ2n) is 1.72. The Bertz CT molecular complexity index is 361. The Hall–Kier alpha value is -1.55. The van der Waals surface area contributed by atoms with E-state index in [-0.39, 0.29) is 5.57 Å². The lowest BCUT2D eigenvalue weighted by atomic mass is 10.3. The molecule has 2 N–H and O–H groups in total. The third-order valence-corrected chi connectivity index (χ3v) is 1.83. The van der Waals surface area contributed by atoms with Crippen LogP contribution in [-0.4, -0.2) is 14.3 Å². The lowest BCUT2D eigenvalue weighted by molar-refractivity contribution is -0.115. The van der Waals surface area contributed by atoms with E-state index in [2.05, 4.69) is 0 Å². The fourth-order valence-electron chi connectivity index (χ4n) is 0.492. The summed E-state index contributed by atoms with van der Waals surface area (Å²) >= 11 is 0. The summed E-state index contributed by atoms with van der Waals surface area (Å²) in [5.74, 6) is -0.911. The zero-order valence-corrected chi connectivity index (χ0v) is 5.97. The van der Waals surface area contributed by atoms with Crippen LogP contribution < -0.4 is 9.44 Å². The van der Waals surface area contributed by atoms with Crippen LogP contribution in [0, 0.1) is 11.3 Å². The minimum atomic E-state index is -3.75. The van der Waals surface area contributed by atoms with Crippen molar-refractivity contribution in [2.75, 3.05) is 0 Å². The van der Waals surface area contributed by atoms with E-state index >= 15 is 0 Å². The van der Waals surface area contributed by atoms with Crippen LogP contribution in [-0.2, 0) is 15.0 Å². The van der Waals surface area contributed by atoms with Gasteiger partial charge in [0, 0.05) is 6.20 Å². The molecule has 7 heteroatoms. The van der Waals surface area contributed by atoms with Gasteiger partial charge in [-0.05, 0) is 0 Å². The SMILES string of the molecule is N#CC1=CNS(=O)(=O)NC1=O. The smallest absolute Gasteiger partial charge is 0.272 e. The molecule has 1 heterocycles. The molecule has 0 saturated carbocycles. The second kappa shape index (κ2) is 2.25. The summed E-state index contributed by atoms with van der Waals surface area (Å²) in [6.45, 7) is 0. The van der Waals surface area contributed by atoms with Gasteiger partial charge in [0.15, 0.2) is 0 Å². The molecular weight excluding hydrogens is 170 g/mol. The van der Waals surface area contributed by atoms with Crippen LogP contribution in [0.15, 0.2) is 11.8 Å². The largest absolute Gasteiger partial charge is 0.323 e. The van der Waals surface area contributed by atoms with E-state index in [4.69, 9.17) is 5.26 Å². The monoisotopic (exact) mass is 173 g/mol. The predicted octanol–water partition coefficient (Wildman–Crippen LogP) is -1.64. The molecule has 0 radical (unpaired) electrons. The minimum Gasteiger partial charge on any atom is -0.272 e. The van der Waals surface area contributed by atoms with Crippen LogP contribution in [0.2, 0.25) is 0 Å². The lowest BCUT2D eigenvalue weighted by Crippen LogP contribution is -2.42. The van der Waals surface area contributed by atoms with Crippen LogP contribution in [0.5, 0.6) is 0 Å². The first-order chi connectivity index (χ1) is 5.05. The topological polar surface area (TPSA) is 99.1 Å². The Morgan fingerprint density at radius 1 is 1.55 bits per heavy atom. The lowest BCUT2D eigenvalue weighted by Gasteiger charge is -2.10. The average molecular weight is 173 g/mol. The summed E-state index contributed by atoms with van der Waals surface area (Å²) in [7, 11) is -3.75. The van der Waals surface area contributed by atoms with Crippen molar-refractivity contribution in [2.24, 2.45) is 0 Å². The molecule has 0 atom stereocenters. The quantitative estimate of drug-likeness (QED) is 0.458. The number of hydrogen-bond acceptors (Lipinski definition) is 4. The highest BCUT2D eigenvalue weighted by Gasteiger charge is 2.21. The van der Waals surface area contributed by atoms with Crippen molar-refractivity contribution in [1.82, 2.24) is 9.44 Å². The van der Waals surface area contributed by atoms with Gasteiger partial charge < -0.3 is 0 Å². The molecule has 0 saturated heterocycles. The summed E-state index contributed by atoms with van der Waals surface area (Å²) in [6.07, 6.45) is 0.841. The first kappa shape index (κ1) is 7.56. The fraction of sp³-hybridized carbons (Fsp3) is 0. The number of carbonyl (C=O) groups is 1. The number of rotatable bonds is 0. The molecular formula is C4H3N3O3S. The molecule has 0 unspecified atom stereocenters. The standard InChI is InChI=1S/C4H3N3O3S/c5-1-3-2-6-11(9,10)7-4(3)8/h2,6H,(H,7,8). The van der Waals surface area contributed by atoms with Gasteiger partial charge >= 0.3 is 10.2 Å². The summed E-state index contributed by atoms with van der Waals surface area (Å²) in [6, 6.07) is 1.51. The highest BCUT2D eigenvalue weighted by Crippen LogP contribution is 1.97. The third-order valence-electron chi connectivity index (χ3n) is 0.951. The van der Waals surface area contributed by atoms with E-state index < -0.39 is 16.1 Å². The van der Waals surface area contributed by atoms with Crippen LogP contribution in [0.4, 0.5) is 0 Å². The molecule has 1 aliphatic rings. The van der Waals surface area contributed by atoms with Crippen LogP contribution >= 0.6 is 0 Å². The first-order valence-corrected chi connectivity index (χ1v) is 3.98. The van der Waals surface area contributed by atoms with Gasteiger partial charge in [-0.2, -0.15) is 13.7 Å². The van der Waals surface area contributed by atoms with Gasteiger partial charge in [-0.15, -0.1) is 0 Å². The van der Waals surface area contributed by atoms with Crippen molar-refractivity contribution in [1.29, 1.82) is 5.26 Å². The molecule has 11 heavy (non-hydrogen) atoms. The van der Waals surface area contributed by atoms with Gasteiger partial charge in [-0.1, -0.05) is 0 Å². The number of amides is 1. The Morgan fingerprint density at radius 3 is 2.64 bits per heavy atom. The summed E-state index contributed by atoms with van der Waals surface area (Å²) in [5.41, 5.74) is -0.264. The maximum atomic E-state index is 10.6. The fourth-order valence-corrected chi connectivity index (χ4v) is 1.18. The van der Waals surface area contributed by atoms with Crippen molar-refractivity contribution < 1.29 is 13.2 Å². The zero-order valence-electron chi connectivity index (χ0n) is 5.16. The molecule has 1 amide bonds. The number of nitrogens with zero attached hydrogens (tertiary/aromatic N) is 1. The van der Waals surface area contributed by atoms with Gasteiger partial charge in [-0.3, -0.25) is 9.52 Å². The van der Waals surface area contributed by atoms with Crippen molar-refractivity contribution in [3.63, 3.8) is 0 Å². The Balaban J connectivity index is 3.06. The molecule has 0 aromatic rings. The van der Waals surface area contributed by atoms with E-state index in [1.807, 2.05) is 4.72 Å². The zero-order chi connectivity index (χ0) is 8.48. The van der Waals surface area contributed by atoms with Crippen molar-refractivity contribution in [3.05, 3.63) is 11.8 Å². The van der Waals surface area contributed by atoms with E-state index in [0.29, 0.717) is 0 Å². The van der Waals surface area contributed by atoms with E-state index in [9.17, 15) is 13.2 Å². The van der Waals surface area contributed by atoms with Gasteiger partial charge in [0.1, 0.15) is 11.6 Å². The highest BCUT2D eigenvalue weighted by atomic mass is 32.2. The molecule has 6 nitrogen and oxygen atoms in total. The average Bonchev–Trinajstić information content (AvgIpc) is 1.86. The van der Waals surface area contributed by atoms with Crippen LogP contribution in [0.25, 0.3) is 0 Å². The van der Waals surface area contributed by atoms with E-state index in [0.717, 1.165) is 6.20 Å². The van der Waals surface area contributed by atoms with E-state index in [1.165, 1.54) is 6.07 Å². The van der Waals surface area contributed by atoms with Gasteiger partial charge in [0.2, 0.25) is 0 Å². The van der Waals surface area contributed by atoms with Gasteiger partial charge in [0.25, 0.3) is 5.91 Å². The summed E-state index contributed by atoms with van der Waals surface area (Å²) in [5, 5.41) is 8.22. The number of hydrogen-bond donors (Lipinski definition) is 2. The molecule has 0 bridgehead atoms. The predicted molar refractivity (Wildman–Crippen MR) is 33.9 cm³/mol. The van der Waals surface area contributed by atoms with E-state index in [1.54, 1.807) is 4.72 Å². The highest BCUT2D eigenvalue weighted by molar-refractivity contribution is 7.88. The maximum absolute atomic E-state index is 10.6. The van der Waals surface area contributed by atoms with Gasteiger partial charge in [0.05, 0.1) is 0 Å². The van der Waals surface area contributed by atoms with Crippen LogP contribution in [0.1, 0.15) is 0 Å². The Kier molecular flexibility index (Phi) is 1.54. The van der Waals surface area contributed by atoms with Crippen molar-refractivity contribution in [3.8, 4) is 6.07 Å². The molecule has 58 valence electrons. The second-order valence-corrected chi connectivity index (χ2v) is 3.17. The molecule has 1 rings (SSSR count). The van der Waals surface area contributed by atoms with Crippen LogP contribution in [0.3, 0.4) is 0 Å². The molecule has 1 aliphatic heterocycles. The molecule has 0 aromatic carbocycles. The third kappa shape index (κ3) is 1.47. The Morgan fingerprint density at radius 2 is 2.18 bits per heavy atom. The molecule has 0 aromatic heterocycles. The molecule has 0 fully saturated rings. The number of carbonyl (C=O) groups excluding carboxylic acids is 1. The minimum absolute atomic E-state index is 0.264. The molecule has 0 aliphatic carbocycles. The maximum Gasteiger partial charge on any atom is 0.323 e. The first-order valence-electron chi connectivity index (χ1n) is 2.50. The molecule has 0 spiro atoms. The summed E-state index contributed by atoms with van der Waals surface area (Å²) in [4.78, 5) is 10.6. The normalized spacial score (nSPS) is 20.6. The number of nitriles is 1.